The molecule has 7 heteroatoms. The number of halogens is 1. The van der Waals surface area contributed by atoms with Crippen molar-refractivity contribution >= 4 is 34.7 Å². The zero-order valence-corrected chi connectivity index (χ0v) is 11.0. The van der Waals surface area contributed by atoms with E-state index in [0.717, 1.165) is 4.88 Å². The Hall–Kier alpha value is -1.66. The van der Waals surface area contributed by atoms with Gasteiger partial charge in [-0.15, -0.1) is 11.3 Å². The van der Waals surface area contributed by atoms with Crippen LogP contribution in [-0.4, -0.2) is 21.0 Å². The van der Waals surface area contributed by atoms with Crippen molar-refractivity contribution in [1.29, 1.82) is 0 Å². The molecule has 0 aliphatic heterocycles. The molecular weight excluding hydrogens is 274 g/mol. The topological polar surface area (TPSA) is 75.1 Å². The van der Waals surface area contributed by atoms with Crippen molar-refractivity contribution in [3.05, 3.63) is 39.4 Å². The molecule has 0 aliphatic rings. The van der Waals surface area contributed by atoms with E-state index in [1.165, 1.54) is 23.7 Å². The van der Waals surface area contributed by atoms with Crippen LogP contribution in [0, 0.1) is 0 Å². The van der Waals surface area contributed by atoms with E-state index in [2.05, 4.69) is 15.3 Å². The van der Waals surface area contributed by atoms with E-state index in [9.17, 15) is 4.79 Å². The number of nitrogens with zero attached hydrogens (tertiary/aromatic N) is 2. The second-order valence-electron chi connectivity index (χ2n) is 3.60. The summed E-state index contributed by atoms with van der Waals surface area (Å²) in [7, 11) is 0. The Kier molecular flexibility index (Phi) is 3.78. The highest BCUT2D eigenvalue weighted by Gasteiger charge is 2.11. The first-order valence-electron chi connectivity index (χ1n) is 5.13. The second kappa shape index (κ2) is 5.32. The van der Waals surface area contributed by atoms with Crippen LogP contribution in [0.1, 0.15) is 28.3 Å². The van der Waals surface area contributed by atoms with Crippen LogP contribution in [0.15, 0.2) is 24.5 Å². The average molecular weight is 284 g/mol. The lowest BCUT2D eigenvalue weighted by Crippen LogP contribution is -2.09. The molecule has 0 amide bonds. The lowest BCUT2D eigenvalue weighted by molar-refractivity contribution is 0.0690. The number of nitrogens with one attached hydrogen (secondary N) is 1. The van der Waals surface area contributed by atoms with Crippen LogP contribution in [0.2, 0.25) is 4.34 Å². The molecule has 0 fully saturated rings. The maximum absolute atomic E-state index is 10.8. The third-order valence-electron chi connectivity index (χ3n) is 2.24. The first-order chi connectivity index (χ1) is 8.56. The maximum atomic E-state index is 10.8. The van der Waals surface area contributed by atoms with E-state index in [1.807, 2.05) is 19.1 Å². The fourth-order valence-electron chi connectivity index (χ4n) is 1.39. The zero-order valence-electron chi connectivity index (χ0n) is 9.42. The highest BCUT2D eigenvalue weighted by molar-refractivity contribution is 7.16. The maximum Gasteiger partial charge on any atom is 0.356 e. The number of thiophene rings is 1. The van der Waals surface area contributed by atoms with Gasteiger partial charge in [0.1, 0.15) is 5.82 Å². The summed E-state index contributed by atoms with van der Waals surface area (Å²) in [6.45, 7) is 1.94. The molecule has 0 saturated carbocycles. The third-order valence-corrected chi connectivity index (χ3v) is 3.65. The number of carboxylic acid groups (broad SMARTS) is 1. The molecule has 18 heavy (non-hydrogen) atoms. The van der Waals surface area contributed by atoms with Gasteiger partial charge in [-0.3, -0.25) is 4.98 Å². The molecule has 94 valence electrons. The smallest absolute Gasteiger partial charge is 0.356 e. The predicted octanol–water partition coefficient (Wildman–Crippen LogP) is 3.06. The summed E-state index contributed by atoms with van der Waals surface area (Å²) in [4.78, 5) is 19.6. The molecular formula is C11H10ClN3O2S. The summed E-state index contributed by atoms with van der Waals surface area (Å²) < 4.78 is 0.712. The lowest BCUT2D eigenvalue weighted by atomic mass is 10.3. The zero-order chi connectivity index (χ0) is 13.1. The van der Waals surface area contributed by atoms with Crippen LogP contribution in [0.5, 0.6) is 0 Å². The number of hydrogen-bond acceptors (Lipinski definition) is 5. The Bertz CT molecular complexity index is 573. The lowest BCUT2D eigenvalue weighted by Gasteiger charge is -2.12. The Morgan fingerprint density at radius 2 is 2.28 bits per heavy atom. The van der Waals surface area contributed by atoms with Gasteiger partial charge in [-0.2, -0.15) is 0 Å². The minimum atomic E-state index is -1.10. The molecule has 0 aromatic carbocycles. The van der Waals surface area contributed by atoms with Gasteiger partial charge in [0.05, 0.1) is 22.8 Å². The number of carboxylic acids is 1. The van der Waals surface area contributed by atoms with Crippen molar-refractivity contribution in [3.63, 3.8) is 0 Å². The molecule has 0 bridgehead atoms. The van der Waals surface area contributed by atoms with Gasteiger partial charge in [-0.1, -0.05) is 11.6 Å². The molecule has 1 unspecified atom stereocenters. The van der Waals surface area contributed by atoms with Gasteiger partial charge in [0, 0.05) is 4.88 Å². The van der Waals surface area contributed by atoms with Gasteiger partial charge in [0.25, 0.3) is 0 Å². The van der Waals surface area contributed by atoms with E-state index in [0.29, 0.717) is 10.2 Å². The minimum absolute atomic E-state index is 0.0131. The largest absolute Gasteiger partial charge is 0.476 e. The van der Waals surface area contributed by atoms with Crippen molar-refractivity contribution in [2.75, 3.05) is 5.32 Å². The van der Waals surface area contributed by atoms with Gasteiger partial charge in [-0.05, 0) is 19.1 Å². The summed E-state index contributed by atoms with van der Waals surface area (Å²) in [6.07, 6.45) is 2.69. The second-order valence-corrected chi connectivity index (χ2v) is 5.35. The quantitative estimate of drug-likeness (QED) is 0.902. The van der Waals surface area contributed by atoms with Gasteiger partial charge >= 0.3 is 5.97 Å². The first kappa shape index (κ1) is 12.8. The predicted molar refractivity (Wildman–Crippen MR) is 70.4 cm³/mol. The summed E-state index contributed by atoms with van der Waals surface area (Å²) >= 11 is 7.32. The molecule has 0 radical (unpaired) electrons. The van der Waals surface area contributed by atoms with Crippen LogP contribution < -0.4 is 5.32 Å². The number of hydrogen-bond donors (Lipinski definition) is 2. The summed E-state index contributed by atoms with van der Waals surface area (Å²) in [5.74, 6) is -0.676. The number of rotatable bonds is 4. The van der Waals surface area contributed by atoms with Crippen molar-refractivity contribution in [1.82, 2.24) is 9.97 Å². The van der Waals surface area contributed by atoms with Crippen molar-refractivity contribution in [2.24, 2.45) is 0 Å². The molecule has 2 heterocycles. The molecule has 2 rings (SSSR count). The van der Waals surface area contributed by atoms with Crippen LogP contribution in [-0.2, 0) is 0 Å². The van der Waals surface area contributed by atoms with Crippen molar-refractivity contribution in [3.8, 4) is 0 Å². The third kappa shape index (κ3) is 2.96. The van der Waals surface area contributed by atoms with E-state index in [-0.39, 0.29) is 11.7 Å². The molecule has 2 aromatic heterocycles. The van der Waals surface area contributed by atoms with Crippen LogP contribution >= 0.6 is 22.9 Å². The number of carbonyl (C=O) groups is 1. The SMILES string of the molecule is CC(Nc1cncc(C(=O)O)n1)c1ccc(Cl)s1. The summed E-state index contributed by atoms with van der Waals surface area (Å²) in [5, 5.41) is 11.9. The van der Waals surface area contributed by atoms with E-state index in [1.54, 1.807) is 0 Å². The van der Waals surface area contributed by atoms with E-state index < -0.39 is 5.97 Å². The molecule has 0 spiro atoms. The van der Waals surface area contributed by atoms with Gasteiger partial charge in [0.15, 0.2) is 5.69 Å². The highest BCUT2D eigenvalue weighted by Crippen LogP contribution is 2.28. The average Bonchev–Trinajstić information content (AvgIpc) is 2.76. The molecule has 2 N–H and O–H groups in total. The standard InChI is InChI=1S/C11H10ClN3O2S/c1-6(8-2-3-9(12)18-8)14-10-5-13-4-7(15-10)11(16)17/h2-6H,1H3,(H,14,15)(H,16,17). The Labute approximate surface area is 112 Å². The van der Waals surface area contributed by atoms with Gasteiger partial charge < -0.3 is 10.4 Å². The molecule has 5 nitrogen and oxygen atoms in total. The monoisotopic (exact) mass is 283 g/mol. The van der Waals surface area contributed by atoms with Crippen LogP contribution in [0.3, 0.4) is 0 Å². The van der Waals surface area contributed by atoms with Gasteiger partial charge in [-0.25, -0.2) is 9.78 Å². The van der Waals surface area contributed by atoms with E-state index in [4.69, 9.17) is 16.7 Å². The Balaban J connectivity index is 2.14. The summed E-state index contributed by atoms with van der Waals surface area (Å²) in [6, 6.07) is 3.72. The van der Waals surface area contributed by atoms with Crippen molar-refractivity contribution in [2.45, 2.75) is 13.0 Å². The fraction of sp³-hybridized carbons (Fsp3) is 0.182. The molecule has 1 atom stereocenters. The first-order valence-corrected chi connectivity index (χ1v) is 6.33. The molecule has 0 aliphatic carbocycles. The highest BCUT2D eigenvalue weighted by atomic mass is 35.5. The molecule has 2 aromatic rings. The fourth-order valence-corrected chi connectivity index (χ4v) is 2.46. The Morgan fingerprint density at radius 1 is 1.50 bits per heavy atom. The van der Waals surface area contributed by atoms with Crippen LogP contribution in [0.25, 0.3) is 0 Å². The van der Waals surface area contributed by atoms with Gasteiger partial charge in [0.2, 0.25) is 0 Å². The molecule has 0 saturated heterocycles. The van der Waals surface area contributed by atoms with Crippen molar-refractivity contribution < 1.29 is 9.90 Å². The number of aromatic carboxylic acids is 1. The van der Waals surface area contributed by atoms with E-state index >= 15 is 0 Å². The normalized spacial score (nSPS) is 12.1. The Morgan fingerprint density at radius 3 is 2.89 bits per heavy atom. The minimum Gasteiger partial charge on any atom is -0.476 e. The summed E-state index contributed by atoms with van der Waals surface area (Å²) in [5.41, 5.74) is -0.0867. The van der Waals surface area contributed by atoms with Crippen LogP contribution in [0.4, 0.5) is 5.82 Å². The number of aromatic nitrogens is 2. The number of anilines is 1.